The Morgan fingerprint density at radius 3 is 2.60 bits per heavy atom. The molecular formula is C16H20N2O2. The van der Waals surface area contributed by atoms with Gasteiger partial charge in [-0.3, -0.25) is 4.79 Å². The number of amides is 1. The minimum atomic E-state index is -0.0569. The second kappa shape index (κ2) is 7.38. The van der Waals surface area contributed by atoms with Gasteiger partial charge < -0.3 is 15.1 Å². The van der Waals surface area contributed by atoms with E-state index in [1.807, 2.05) is 36.4 Å². The highest BCUT2D eigenvalue weighted by molar-refractivity contribution is 5.94. The molecule has 0 aliphatic carbocycles. The van der Waals surface area contributed by atoms with Crippen molar-refractivity contribution in [3.05, 3.63) is 54.0 Å². The van der Waals surface area contributed by atoms with E-state index in [1.165, 1.54) is 0 Å². The summed E-state index contributed by atoms with van der Waals surface area (Å²) in [6, 6.07) is 11.3. The van der Waals surface area contributed by atoms with Crippen LogP contribution in [-0.2, 0) is 6.42 Å². The third kappa shape index (κ3) is 4.16. The summed E-state index contributed by atoms with van der Waals surface area (Å²) in [5.74, 6) is 0.822. The Bertz CT molecular complexity index is 518. The summed E-state index contributed by atoms with van der Waals surface area (Å²) in [6.07, 6.45) is 3.42. The highest BCUT2D eigenvalue weighted by atomic mass is 16.3. The fourth-order valence-corrected chi connectivity index (χ4v) is 1.86. The van der Waals surface area contributed by atoms with Crippen LogP contribution in [0.1, 0.15) is 29.5 Å². The molecule has 4 nitrogen and oxygen atoms in total. The normalized spacial score (nSPS) is 10.2. The first-order valence-electron chi connectivity index (χ1n) is 6.94. The second-order valence-electron chi connectivity index (χ2n) is 4.59. The van der Waals surface area contributed by atoms with Gasteiger partial charge in [0, 0.05) is 30.8 Å². The van der Waals surface area contributed by atoms with Crippen LogP contribution >= 0.6 is 0 Å². The van der Waals surface area contributed by atoms with Crippen LogP contribution < -0.4 is 10.6 Å². The van der Waals surface area contributed by atoms with E-state index in [9.17, 15) is 4.79 Å². The van der Waals surface area contributed by atoms with Crippen LogP contribution in [0, 0.1) is 0 Å². The standard InChI is InChI=1S/C16H20N2O2/c1-2-10-17-14-7-5-13(6-8-14)16(19)18-11-9-15-4-3-12-20-15/h3-8,12,17H,2,9-11H2,1H3,(H,18,19). The number of carbonyl (C=O) groups excluding carboxylic acids is 1. The first-order valence-corrected chi connectivity index (χ1v) is 6.94. The van der Waals surface area contributed by atoms with E-state index in [0.29, 0.717) is 18.5 Å². The predicted molar refractivity (Wildman–Crippen MR) is 80.0 cm³/mol. The lowest BCUT2D eigenvalue weighted by Gasteiger charge is -2.07. The molecule has 1 heterocycles. The van der Waals surface area contributed by atoms with Crippen LogP contribution in [0.15, 0.2) is 47.1 Å². The summed E-state index contributed by atoms with van der Waals surface area (Å²) in [7, 11) is 0. The maximum absolute atomic E-state index is 11.9. The maximum Gasteiger partial charge on any atom is 0.251 e. The van der Waals surface area contributed by atoms with Crippen molar-refractivity contribution in [2.24, 2.45) is 0 Å². The average molecular weight is 272 g/mol. The van der Waals surface area contributed by atoms with E-state index in [4.69, 9.17) is 4.42 Å². The number of benzene rings is 1. The number of anilines is 1. The topological polar surface area (TPSA) is 54.3 Å². The van der Waals surface area contributed by atoms with Gasteiger partial charge in [-0.25, -0.2) is 0 Å². The van der Waals surface area contributed by atoms with Crippen molar-refractivity contribution >= 4 is 11.6 Å². The third-order valence-electron chi connectivity index (χ3n) is 2.96. The van der Waals surface area contributed by atoms with Crippen molar-refractivity contribution in [3.8, 4) is 0 Å². The zero-order valence-corrected chi connectivity index (χ0v) is 11.7. The summed E-state index contributed by atoms with van der Waals surface area (Å²) in [5.41, 5.74) is 1.71. The summed E-state index contributed by atoms with van der Waals surface area (Å²) in [6.45, 7) is 3.63. The fraction of sp³-hybridized carbons (Fsp3) is 0.312. The van der Waals surface area contributed by atoms with Gasteiger partial charge in [0.2, 0.25) is 0 Å². The summed E-state index contributed by atoms with van der Waals surface area (Å²) >= 11 is 0. The lowest BCUT2D eigenvalue weighted by molar-refractivity contribution is 0.0953. The van der Waals surface area contributed by atoms with Gasteiger partial charge in [0.25, 0.3) is 5.91 Å². The number of carbonyl (C=O) groups is 1. The molecule has 20 heavy (non-hydrogen) atoms. The number of nitrogens with one attached hydrogen (secondary N) is 2. The van der Waals surface area contributed by atoms with E-state index >= 15 is 0 Å². The van der Waals surface area contributed by atoms with E-state index in [2.05, 4.69) is 17.6 Å². The predicted octanol–water partition coefficient (Wildman–Crippen LogP) is 3.07. The average Bonchev–Trinajstić information content (AvgIpc) is 2.99. The highest BCUT2D eigenvalue weighted by Gasteiger charge is 2.05. The Hall–Kier alpha value is -2.23. The SMILES string of the molecule is CCCNc1ccc(C(=O)NCCc2ccco2)cc1. The zero-order valence-electron chi connectivity index (χ0n) is 11.7. The van der Waals surface area contributed by atoms with Crippen molar-refractivity contribution in [2.75, 3.05) is 18.4 Å². The Morgan fingerprint density at radius 2 is 1.95 bits per heavy atom. The lowest BCUT2D eigenvalue weighted by Crippen LogP contribution is -2.25. The molecule has 0 radical (unpaired) electrons. The Labute approximate surface area is 119 Å². The van der Waals surface area contributed by atoms with Crippen LogP contribution in [0.5, 0.6) is 0 Å². The summed E-state index contributed by atoms with van der Waals surface area (Å²) in [5, 5.41) is 6.16. The molecular weight excluding hydrogens is 252 g/mol. The van der Waals surface area contributed by atoms with Crippen LogP contribution in [0.2, 0.25) is 0 Å². The largest absolute Gasteiger partial charge is 0.469 e. The fourth-order valence-electron chi connectivity index (χ4n) is 1.86. The Balaban J connectivity index is 1.79. The van der Waals surface area contributed by atoms with Crippen LogP contribution in [0.25, 0.3) is 0 Å². The number of hydrogen-bond acceptors (Lipinski definition) is 3. The maximum atomic E-state index is 11.9. The van der Waals surface area contributed by atoms with Gasteiger partial charge in [-0.05, 0) is 42.8 Å². The van der Waals surface area contributed by atoms with Crippen molar-refractivity contribution in [1.82, 2.24) is 5.32 Å². The zero-order chi connectivity index (χ0) is 14.2. The van der Waals surface area contributed by atoms with E-state index in [0.717, 1.165) is 24.4 Å². The van der Waals surface area contributed by atoms with Crippen molar-refractivity contribution in [2.45, 2.75) is 19.8 Å². The molecule has 0 unspecified atom stereocenters. The van der Waals surface area contributed by atoms with Crippen molar-refractivity contribution in [3.63, 3.8) is 0 Å². The first kappa shape index (κ1) is 14.2. The van der Waals surface area contributed by atoms with Crippen LogP contribution in [0.4, 0.5) is 5.69 Å². The highest BCUT2D eigenvalue weighted by Crippen LogP contribution is 2.09. The molecule has 2 N–H and O–H groups in total. The molecule has 0 bridgehead atoms. The number of rotatable bonds is 7. The molecule has 0 fully saturated rings. The van der Waals surface area contributed by atoms with Gasteiger partial charge in [-0.2, -0.15) is 0 Å². The molecule has 2 aromatic rings. The molecule has 0 saturated heterocycles. The van der Waals surface area contributed by atoms with E-state index < -0.39 is 0 Å². The van der Waals surface area contributed by atoms with Gasteiger partial charge in [0.1, 0.15) is 5.76 Å². The van der Waals surface area contributed by atoms with Gasteiger partial charge in [0.05, 0.1) is 6.26 Å². The molecule has 2 rings (SSSR count). The molecule has 106 valence electrons. The number of hydrogen-bond donors (Lipinski definition) is 2. The molecule has 0 aliphatic heterocycles. The van der Waals surface area contributed by atoms with Gasteiger partial charge >= 0.3 is 0 Å². The monoisotopic (exact) mass is 272 g/mol. The third-order valence-corrected chi connectivity index (χ3v) is 2.96. The summed E-state index contributed by atoms with van der Waals surface area (Å²) in [4.78, 5) is 11.9. The van der Waals surface area contributed by atoms with Crippen LogP contribution in [0.3, 0.4) is 0 Å². The molecule has 0 aliphatic rings. The quantitative estimate of drug-likeness (QED) is 0.814. The summed E-state index contributed by atoms with van der Waals surface area (Å²) < 4.78 is 5.21. The minimum Gasteiger partial charge on any atom is -0.469 e. The minimum absolute atomic E-state index is 0.0569. The van der Waals surface area contributed by atoms with Gasteiger partial charge in [0.15, 0.2) is 0 Å². The molecule has 0 saturated carbocycles. The smallest absolute Gasteiger partial charge is 0.251 e. The Morgan fingerprint density at radius 1 is 1.15 bits per heavy atom. The van der Waals surface area contributed by atoms with E-state index in [-0.39, 0.29) is 5.91 Å². The Kier molecular flexibility index (Phi) is 5.24. The molecule has 1 aromatic heterocycles. The molecule has 1 aromatic carbocycles. The van der Waals surface area contributed by atoms with Gasteiger partial charge in [-0.1, -0.05) is 6.92 Å². The van der Waals surface area contributed by atoms with Crippen LogP contribution in [-0.4, -0.2) is 19.0 Å². The van der Waals surface area contributed by atoms with Crippen molar-refractivity contribution < 1.29 is 9.21 Å². The van der Waals surface area contributed by atoms with Crippen molar-refractivity contribution in [1.29, 1.82) is 0 Å². The second-order valence-corrected chi connectivity index (χ2v) is 4.59. The number of furan rings is 1. The first-order chi connectivity index (χ1) is 9.79. The van der Waals surface area contributed by atoms with E-state index in [1.54, 1.807) is 6.26 Å². The molecule has 0 spiro atoms. The van der Waals surface area contributed by atoms with Gasteiger partial charge in [-0.15, -0.1) is 0 Å². The lowest BCUT2D eigenvalue weighted by atomic mass is 10.2. The molecule has 4 heteroatoms. The molecule has 1 amide bonds. The molecule has 0 atom stereocenters.